The van der Waals surface area contributed by atoms with E-state index in [2.05, 4.69) is 50.8 Å². The van der Waals surface area contributed by atoms with E-state index in [1.54, 1.807) is 0 Å². The zero-order valence-corrected chi connectivity index (χ0v) is 12.1. The minimum absolute atomic E-state index is 0.225. The van der Waals surface area contributed by atoms with Crippen molar-refractivity contribution in [2.75, 3.05) is 18.0 Å². The lowest BCUT2D eigenvalue weighted by Gasteiger charge is -2.23. The van der Waals surface area contributed by atoms with Crippen LogP contribution in [0.2, 0.25) is 0 Å². The number of rotatable bonds is 3. The van der Waals surface area contributed by atoms with Gasteiger partial charge in [0.25, 0.3) is 0 Å². The molecular formula is C16H26N2. The molecule has 2 nitrogen and oxygen atoms in total. The van der Waals surface area contributed by atoms with Gasteiger partial charge in [0.2, 0.25) is 0 Å². The lowest BCUT2D eigenvalue weighted by molar-refractivity contribution is 0.494. The molecule has 0 spiro atoms. The van der Waals surface area contributed by atoms with E-state index in [1.807, 2.05) is 0 Å². The number of aryl methyl sites for hydroxylation is 1. The van der Waals surface area contributed by atoms with E-state index >= 15 is 0 Å². The van der Waals surface area contributed by atoms with Gasteiger partial charge in [0, 0.05) is 24.8 Å². The molecule has 1 aromatic carbocycles. The third-order valence-electron chi connectivity index (χ3n) is 4.11. The average Bonchev–Trinajstić information content (AvgIpc) is 2.58. The highest BCUT2D eigenvalue weighted by Gasteiger charge is 2.27. The standard InChI is InChI=1S/C16H26N2/c1-11-5-6-16(15(7-11)8-14(4)17)18-9-12(2)13(3)10-18/h5-7,12-14H,8-10,17H2,1-4H3. The quantitative estimate of drug-likeness (QED) is 0.888. The highest BCUT2D eigenvalue weighted by atomic mass is 15.2. The normalized spacial score (nSPS) is 25.5. The van der Waals surface area contributed by atoms with Crippen LogP contribution in [0.15, 0.2) is 18.2 Å². The third kappa shape index (κ3) is 2.86. The van der Waals surface area contributed by atoms with Gasteiger partial charge >= 0.3 is 0 Å². The van der Waals surface area contributed by atoms with E-state index in [1.165, 1.54) is 29.9 Å². The van der Waals surface area contributed by atoms with Gasteiger partial charge in [0.15, 0.2) is 0 Å². The van der Waals surface area contributed by atoms with Crippen molar-refractivity contribution in [3.63, 3.8) is 0 Å². The van der Waals surface area contributed by atoms with Gasteiger partial charge in [-0.05, 0) is 43.7 Å². The SMILES string of the molecule is Cc1ccc(N2CC(C)C(C)C2)c(CC(C)N)c1. The Morgan fingerprint density at radius 1 is 1.28 bits per heavy atom. The summed E-state index contributed by atoms with van der Waals surface area (Å²) < 4.78 is 0. The Morgan fingerprint density at radius 3 is 2.44 bits per heavy atom. The van der Waals surface area contributed by atoms with Crippen molar-refractivity contribution >= 4 is 5.69 Å². The van der Waals surface area contributed by atoms with Gasteiger partial charge < -0.3 is 10.6 Å². The molecule has 0 saturated carbocycles. The van der Waals surface area contributed by atoms with Crippen LogP contribution in [0.4, 0.5) is 5.69 Å². The van der Waals surface area contributed by atoms with Crippen molar-refractivity contribution in [3.05, 3.63) is 29.3 Å². The third-order valence-corrected chi connectivity index (χ3v) is 4.11. The number of anilines is 1. The molecule has 3 unspecified atom stereocenters. The van der Waals surface area contributed by atoms with Gasteiger partial charge in [-0.25, -0.2) is 0 Å². The van der Waals surface area contributed by atoms with Crippen molar-refractivity contribution < 1.29 is 0 Å². The van der Waals surface area contributed by atoms with Crippen LogP contribution in [0.5, 0.6) is 0 Å². The predicted octanol–water partition coefficient (Wildman–Crippen LogP) is 2.98. The smallest absolute Gasteiger partial charge is 0.0399 e. The van der Waals surface area contributed by atoms with E-state index < -0.39 is 0 Å². The van der Waals surface area contributed by atoms with E-state index in [9.17, 15) is 0 Å². The molecule has 3 atom stereocenters. The first-order valence-corrected chi connectivity index (χ1v) is 7.07. The summed E-state index contributed by atoms with van der Waals surface area (Å²) >= 11 is 0. The molecule has 0 amide bonds. The molecule has 1 aliphatic rings. The molecule has 0 bridgehead atoms. The van der Waals surface area contributed by atoms with Gasteiger partial charge in [-0.1, -0.05) is 31.5 Å². The molecule has 0 radical (unpaired) electrons. The van der Waals surface area contributed by atoms with Crippen LogP contribution in [-0.2, 0) is 6.42 Å². The largest absolute Gasteiger partial charge is 0.371 e. The van der Waals surface area contributed by atoms with Gasteiger partial charge in [0.1, 0.15) is 0 Å². The molecule has 18 heavy (non-hydrogen) atoms. The Morgan fingerprint density at radius 2 is 1.89 bits per heavy atom. The summed E-state index contributed by atoms with van der Waals surface area (Å²) in [4.78, 5) is 2.53. The van der Waals surface area contributed by atoms with E-state index in [4.69, 9.17) is 5.73 Å². The molecule has 1 fully saturated rings. The fraction of sp³-hybridized carbons (Fsp3) is 0.625. The zero-order chi connectivity index (χ0) is 13.3. The number of benzene rings is 1. The highest BCUT2D eigenvalue weighted by molar-refractivity contribution is 5.56. The van der Waals surface area contributed by atoms with Gasteiger partial charge in [-0.3, -0.25) is 0 Å². The lowest BCUT2D eigenvalue weighted by Crippen LogP contribution is -2.24. The summed E-state index contributed by atoms with van der Waals surface area (Å²) in [6.45, 7) is 11.3. The second kappa shape index (κ2) is 5.31. The van der Waals surface area contributed by atoms with E-state index in [0.29, 0.717) is 0 Å². The molecular weight excluding hydrogens is 220 g/mol. The topological polar surface area (TPSA) is 29.3 Å². The second-order valence-corrected chi connectivity index (χ2v) is 6.17. The number of hydrogen-bond acceptors (Lipinski definition) is 2. The van der Waals surface area contributed by atoms with Crippen LogP contribution in [0, 0.1) is 18.8 Å². The minimum atomic E-state index is 0.225. The van der Waals surface area contributed by atoms with Crippen molar-refractivity contribution in [2.24, 2.45) is 17.6 Å². The molecule has 1 aliphatic heterocycles. The summed E-state index contributed by atoms with van der Waals surface area (Å²) in [5, 5.41) is 0. The summed E-state index contributed by atoms with van der Waals surface area (Å²) in [6, 6.07) is 7.01. The summed E-state index contributed by atoms with van der Waals surface area (Å²) in [5.74, 6) is 1.57. The fourth-order valence-corrected chi connectivity index (χ4v) is 2.86. The molecule has 1 aromatic rings. The Kier molecular flexibility index (Phi) is 3.96. The van der Waals surface area contributed by atoms with Crippen LogP contribution in [0.1, 0.15) is 31.9 Å². The number of nitrogens with two attached hydrogens (primary N) is 1. The van der Waals surface area contributed by atoms with Crippen LogP contribution >= 0.6 is 0 Å². The summed E-state index contributed by atoms with van der Waals surface area (Å²) in [5.41, 5.74) is 10.1. The van der Waals surface area contributed by atoms with Crippen LogP contribution < -0.4 is 10.6 Å². The average molecular weight is 246 g/mol. The van der Waals surface area contributed by atoms with Gasteiger partial charge in [-0.15, -0.1) is 0 Å². The first-order valence-electron chi connectivity index (χ1n) is 7.07. The van der Waals surface area contributed by atoms with Crippen LogP contribution in [0.25, 0.3) is 0 Å². The lowest BCUT2D eigenvalue weighted by atomic mass is 10.0. The highest BCUT2D eigenvalue weighted by Crippen LogP contribution is 2.31. The van der Waals surface area contributed by atoms with Crippen molar-refractivity contribution in [3.8, 4) is 0 Å². The Labute approximate surface area is 111 Å². The molecule has 2 rings (SSSR count). The first kappa shape index (κ1) is 13.4. The number of nitrogens with zero attached hydrogens (tertiary/aromatic N) is 1. The maximum Gasteiger partial charge on any atom is 0.0399 e. The van der Waals surface area contributed by atoms with Crippen LogP contribution in [0.3, 0.4) is 0 Å². The van der Waals surface area contributed by atoms with E-state index in [-0.39, 0.29) is 6.04 Å². The Balaban J connectivity index is 2.26. The number of hydrogen-bond donors (Lipinski definition) is 1. The first-order chi connectivity index (χ1) is 8.47. The van der Waals surface area contributed by atoms with Gasteiger partial charge in [-0.2, -0.15) is 0 Å². The monoisotopic (exact) mass is 246 g/mol. The minimum Gasteiger partial charge on any atom is -0.371 e. The molecule has 2 N–H and O–H groups in total. The van der Waals surface area contributed by atoms with Crippen molar-refractivity contribution in [1.82, 2.24) is 0 Å². The Hall–Kier alpha value is -1.02. The zero-order valence-electron chi connectivity index (χ0n) is 12.1. The second-order valence-electron chi connectivity index (χ2n) is 6.17. The summed E-state index contributed by atoms with van der Waals surface area (Å²) in [6.07, 6.45) is 0.969. The fourth-order valence-electron chi connectivity index (χ4n) is 2.86. The maximum atomic E-state index is 5.98. The molecule has 0 aliphatic carbocycles. The Bertz CT molecular complexity index is 402. The molecule has 1 heterocycles. The van der Waals surface area contributed by atoms with Crippen molar-refractivity contribution in [2.45, 2.75) is 40.2 Å². The molecule has 0 aromatic heterocycles. The molecule has 2 heteroatoms. The molecule has 100 valence electrons. The van der Waals surface area contributed by atoms with Crippen LogP contribution in [-0.4, -0.2) is 19.1 Å². The van der Waals surface area contributed by atoms with E-state index in [0.717, 1.165) is 18.3 Å². The summed E-state index contributed by atoms with van der Waals surface area (Å²) in [7, 11) is 0. The van der Waals surface area contributed by atoms with Crippen molar-refractivity contribution in [1.29, 1.82) is 0 Å². The molecule has 1 saturated heterocycles. The predicted molar refractivity (Wildman–Crippen MR) is 79.1 cm³/mol. The van der Waals surface area contributed by atoms with Gasteiger partial charge in [0.05, 0.1) is 0 Å². The maximum absolute atomic E-state index is 5.98.